The number of nitrogens with one attached hydrogen (secondary N) is 1. The van der Waals surface area contributed by atoms with Crippen LogP contribution in [0, 0.1) is 0 Å². The highest BCUT2D eigenvalue weighted by molar-refractivity contribution is 5.85. The molecule has 3 N–H and O–H groups in total. The van der Waals surface area contributed by atoms with Gasteiger partial charge in [-0.15, -0.1) is 0 Å². The van der Waals surface area contributed by atoms with E-state index in [2.05, 4.69) is 17.3 Å². The van der Waals surface area contributed by atoms with Gasteiger partial charge >= 0.3 is 0 Å². The van der Waals surface area contributed by atoms with Crippen molar-refractivity contribution in [1.29, 1.82) is 0 Å². The van der Waals surface area contributed by atoms with Crippen LogP contribution in [-0.4, -0.2) is 67.3 Å². The second kappa shape index (κ2) is 9.80. The first-order chi connectivity index (χ1) is 12.5. The first-order valence-corrected chi connectivity index (χ1v) is 9.47. The Bertz CT molecular complexity index is 594. The number of nitrogens with two attached hydrogens (primary N) is 1. The number of carbonyl (C=O) groups excluding carboxylic acids is 2. The van der Waals surface area contributed by atoms with Crippen molar-refractivity contribution in [3.05, 3.63) is 35.4 Å². The van der Waals surface area contributed by atoms with E-state index in [0.29, 0.717) is 13.0 Å². The average molecular weight is 361 g/mol. The highest BCUT2D eigenvalue weighted by Crippen LogP contribution is 2.22. The smallest absolute Gasteiger partial charge is 0.240 e. The normalized spacial score (nSPS) is 17.8. The fourth-order valence-electron chi connectivity index (χ4n) is 3.20. The van der Waals surface area contributed by atoms with Crippen molar-refractivity contribution in [2.75, 3.05) is 39.8 Å². The maximum Gasteiger partial charge on any atom is 0.240 e. The summed E-state index contributed by atoms with van der Waals surface area (Å²) in [7, 11) is 2.07. The standard InChI is InChI=1S/C20H32N4O2/c1-4-18(25)14-22-19(20(26)24-11-9-23(3)10-12-24)15(2)17-7-5-16(13-21)6-8-17/h5-8,15,19,22H,4,9-14,21H2,1-3H3/t15?,19-/m1/s1. The van der Waals surface area contributed by atoms with Crippen molar-refractivity contribution in [2.24, 2.45) is 5.73 Å². The minimum absolute atomic E-state index is 0.0290. The van der Waals surface area contributed by atoms with Crippen molar-refractivity contribution in [3.8, 4) is 0 Å². The van der Waals surface area contributed by atoms with E-state index in [4.69, 9.17) is 5.73 Å². The summed E-state index contributed by atoms with van der Waals surface area (Å²) in [4.78, 5) is 29.1. The number of piperazine rings is 1. The first kappa shape index (κ1) is 20.6. The van der Waals surface area contributed by atoms with E-state index in [1.54, 1.807) is 0 Å². The summed E-state index contributed by atoms with van der Waals surface area (Å²) in [6.45, 7) is 7.84. The summed E-state index contributed by atoms with van der Waals surface area (Å²) in [5.41, 5.74) is 7.82. The van der Waals surface area contributed by atoms with Crippen LogP contribution < -0.4 is 11.1 Å². The number of hydrogen-bond donors (Lipinski definition) is 2. The summed E-state index contributed by atoms with van der Waals surface area (Å²) in [5.74, 6) is 0.169. The van der Waals surface area contributed by atoms with Crippen LogP contribution in [-0.2, 0) is 16.1 Å². The van der Waals surface area contributed by atoms with Crippen LogP contribution in [0.15, 0.2) is 24.3 Å². The lowest BCUT2D eigenvalue weighted by molar-refractivity contribution is -0.135. The van der Waals surface area contributed by atoms with Gasteiger partial charge in [-0.05, 0) is 18.2 Å². The van der Waals surface area contributed by atoms with E-state index < -0.39 is 6.04 Å². The Kier molecular flexibility index (Phi) is 7.75. The van der Waals surface area contributed by atoms with Gasteiger partial charge in [0.15, 0.2) is 0 Å². The number of hydrogen-bond acceptors (Lipinski definition) is 5. The van der Waals surface area contributed by atoms with E-state index in [0.717, 1.165) is 37.3 Å². The van der Waals surface area contributed by atoms with E-state index in [1.165, 1.54) is 0 Å². The number of ketones is 1. The minimum Gasteiger partial charge on any atom is -0.339 e. The van der Waals surface area contributed by atoms with E-state index >= 15 is 0 Å². The molecule has 0 radical (unpaired) electrons. The third-order valence-corrected chi connectivity index (χ3v) is 5.24. The lowest BCUT2D eigenvalue weighted by atomic mass is 9.91. The number of benzene rings is 1. The van der Waals surface area contributed by atoms with Crippen molar-refractivity contribution in [3.63, 3.8) is 0 Å². The van der Waals surface area contributed by atoms with Crippen molar-refractivity contribution in [2.45, 2.75) is 38.8 Å². The number of rotatable bonds is 8. The van der Waals surface area contributed by atoms with Crippen molar-refractivity contribution < 1.29 is 9.59 Å². The maximum absolute atomic E-state index is 13.2. The summed E-state index contributed by atoms with van der Waals surface area (Å²) in [6.07, 6.45) is 0.474. The van der Waals surface area contributed by atoms with Gasteiger partial charge in [-0.1, -0.05) is 38.1 Å². The predicted molar refractivity (Wildman–Crippen MR) is 104 cm³/mol. The van der Waals surface area contributed by atoms with Crippen molar-refractivity contribution >= 4 is 11.7 Å². The molecular weight excluding hydrogens is 328 g/mol. The molecule has 1 heterocycles. The first-order valence-electron chi connectivity index (χ1n) is 9.47. The zero-order valence-corrected chi connectivity index (χ0v) is 16.2. The Balaban J connectivity index is 2.15. The van der Waals surface area contributed by atoms with Crippen LogP contribution in [0.5, 0.6) is 0 Å². The van der Waals surface area contributed by atoms with E-state index in [9.17, 15) is 9.59 Å². The molecule has 1 amide bonds. The number of Topliss-reactive ketones (excluding diaryl/α,β-unsaturated/α-hetero) is 1. The molecule has 1 unspecified atom stereocenters. The molecule has 1 saturated heterocycles. The molecule has 6 nitrogen and oxygen atoms in total. The Labute approximate surface area is 156 Å². The Hall–Kier alpha value is -1.76. The van der Waals surface area contributed by atoms with Crippen LogP contribution in [0.1, 0.15) is 37.3 Å². The molecule has 1 aromatic carbocycles. The zero-order valence-electron chi connectivity index (χ0n) is 16.2. The zero-order chi connectivity index (χ0) is 19.1. The molecule has 144 valence electrons. The Morgan fingerprint density at radius 1 is 1.15 bits per heavy atom. The fraction of sp³-hybridized carbons (Fsp3) is 0.600. The van der Waals surface area contributed by atoms with Gasteiger partial charge in [0, 0.05) is 45.1 Å². The molecule has 1 aliphatic heterocycles. The summed E-state index contributed by atoms with van der Waals surface area (Å²) >= 11 is 0. The number of likely N-dealkylation sites (N-methyl/N-ethyl adjacent to an activating group) is 1. The maximum atomic E-state index is 13.2. The van der Waals surface area contributed by atoms with Gasteiger partial charge in [0.25, 0.3) is 0 Å². The summed E-state index contributed by atoms with van der Waals surface area (Å²) < 4.78 is 0. The summed E-state index contributed by atoms with van der Waals surface area (Å²) in [6, 6.07) is 7.65. The van der Waals surface area contributed by atoms with Gasteiger partial charge in [-0.25, -0.2) is 0 Å². The molecule has 26 heavy (non-hydrogen) atoms. The SMILES string of the molecule is CCC(=O)CN[C@@H](C(=O)N1CCN(C)CC1)C(C)c1ccc(CN)cc1. The molecule has 0 saturated carbocycles. The summed E-state index contributed by atoms with van der Waals surface area (Å²) in [5, 5.41) is 3.23. The van der Waals surface area contributed by atoms with Crippen LogP contribution in [0.25, 0.3) is 0 Å². The minimum atomic E-state index is -0.405. The van der Waals surface area contributed by atoms with Crippen LogP contribution in [0.4, 0.5) is 0 Å². The molecule has 0 spiro atoms. The largest absolute Gasteiger partial charge is 0.339 e. The number of carbonyl (C=O) groups is 2. The molecular formula is C20H32N4O2. The van der Waals surface area contributed by atoms with Crippen LogP contribution >= 0.6 is 0 Å². The van der Waals surface area contributed by atoms with Gasteiger partial charge in [0.05, 0.1) is 12.6 Å². The molecule has 0 aliphatic carbocycles. The van der Waals surface area contributed by atoms with Gasteiger partial charge < -0.3 is 15.5 Å². The number of nitrogens with zero attached hydrogens (tertiary/aromatic N) is 2. The molecule has 0 aromatic heterocycles. The molecule has 1 aromatic rings. The highest BCUT2D eigenvalue weighted by Gasteiger charge is 2.31. The van der Waals surface area contributed by atoms with Gasteiger partial charge in [-0.3, -0.25) is 14.9 Å². The van der Waals surface area contributed by atoms with Crippen LogP contribution in [0.2, 0.25) is 0 Å². The van der Waals surface area contributed by atoms with Crippen LogP contribution in [0.3, 0.4) is 0 Å². The molecule has 0 bridgehead atoms. The molecule has 1 aliphatic rings. The third kappa shape index (κ3) is 5.37. The van der Waals surface area contributed by atoms with Gasteiger partial charge in [0.2, 0.25) is 5.91 Å². The molecule has 2 atom stereocenters. The van der Waals surface area contributed by atoms with Gasteiger partial charge in [0.1, 0.15) is 5.78 Å². The predicted octanol–water partition coefficient (Wildman–Crippen LogP) is 0.960. The van der Waals surface area contributed by atoms with E-state index in [-0.39, 0.29) is 24.2 Å². The lowest BCUT2D eigenvalue weighted by Crippen LogP contribution is -2.55. The highest BCUT2D eigenvalue weighted by atomic mass is 16.2. The average Bonchev–Trinajstić information content (AvgIpc) is 2.68. The second-order valence-corrected chi connectivity index (χ2v) is 7.11. The lowest BCUT2D eigenvalue weighted by Gasteiger charge is -2.36. The Morgan fingerprint density at radius 3 is 2.31 bits per heavy atom. The molecule has 6 heteroatoms. The molecule has 2 rings (SSSR count). The van der Waals surface area contributed by atoms with Crippen molar-refractivity contribution in [1.82, 2.24) is 15.1 Å². The van der Waals surface area contributed by atoms with E-state index in [1.807, 2.05) is 43.0 Å². The quantitative estimate of drug-likeness (QED) is 0.722. The fourth-order valence-corrected chi connectivity index (χ4v) is 3.20. The third-order valence-electron chi connectivity index (χ3n) is 5.24. The molecule has 1 fully saturated rings. The Morgan fingerprint density at radius 2 is 1.77 bits per heavy atom. The monoisotopic (exact) mass is 360 g/mol. The second-order valence-electron chi connectivity index (χ2n) is 7.11. The topological polar surface area (TPSA) is 78.7 Å². The van der Waals surface area contributed by atoms with Gasteiger partial charge in [-0.2, -0.15) is 0 Å². The number of amides is 1.